The van der Waals surface area contributed by atoms with Crippen molar-refractivity contribution in [3.63, 3.8) is 0 Å². The van der Waals surface area contributed by atoms with Crippen LogP contribution in [0.2, 0.25) is 0 Å². The van der Waals surface area contributed by atoms with E-state index >= 15 is 0 Å². The summed E-state index contributed by atoms with van der Waals surface area (Å²) in [6.07, 6.45) is -1.50. The van der Waals surface area contributed by atoms with Crippen LogP contribution in [0.25, 0.3) is 0 Å². The predicted octanol–water partition coefficient (Wildman–Crippen LogP) is 3.07. The molecule has 2 aliphatic rings. The molecule has 0 spiro atoms. The van der Waals surface area contributed by atoms with E-state index in [9.17, 15) is 22.8 Å². The normalized spacial score (nSPS) is 25.8. The Hall–Kier alpha value is -1.27. The van der Waals surface area contributed by atoms with Crippen molar-refractivity contribution in [2.75, 3.05) is 13.1 Å². The van der Waals surface area contributed by atoms with Crippen LogP contribution < -0.4 is 0 Å². The molecule has 22 heavy (non-hydrogen) atoms. The van der Waals surface area contributed by atoms with Gasteiger partial charge in [0.2, 0.25) is 5.91 Å². The Morgan fingerprint density at radius 1 is 1.00 bits per heavy atom. The van der Waals surface area contributed by atoms with E-state index in [1.807, 2.05) is 0 Å². The maximum absolute atomic E-state index is 12.5. The van der Waals surface area contributed by atoms with Crippen LogP contribution in [0, 0.1) is 17.8 Å². The number of carboxylic acids is 1. The van der Waals surface area contributed by atoms with Gasteiger partial charge in [-0.15, -0.1) is 0 Å². The van der Waals surface area contributed by atoms with Gasteiger partial charge in [-0.3, -0.25) is 9.59 Å². The van der Waals surface area contributed by atoms with Gasteiger partial charge in [0.1, 0.15) is 0 Å². The summed E-state index contributed by atoms with van der Waals surface area (Å²) < 4.78 is 37.2. The van der Waals surface area contributed by atoms with Gasteiger partial charge >= 0.3 is 12.1 Å². The zero-order valence-corrected chi connectivity index (χ0v) is 12.4. The highest BCUT2D eigenvalue weighted by Crippen LogP contribution is 2.34. The van der Waals surface area contributed by atoms with Crippen LogP contribution >= 0.6 is 0 Å². The molecule has 0 saturated heterocycles. The van der Waals surface area contributed by atoms with Gasteiger partial charge in [0.05, 0.1) is 12.3 Å². The standard InChI is InChI=1S/C15H22F3NO3/c16-15(17,18)7-8-19(9-10-1-2-10)13(20)11-3-5-12(6-4-11)14(21)22/h10-12H,1-9H2,(H,21,22). The highest BCUT2D eigenvalue weighted by molar-refractivity contribution is 5.79. The predicted molar refractivity (Wildman–Crippen MR) is 73.1 cm³/mol. The molecule has 1 amide bonds. The fraction of sp³-hybridized carbons (Fsp3) is 0.867. The van der Waals surface area contributed by atoms with Crippen LogP contribution in [0.4, 0.5) is 13.2 Å². The number of hydrogen-bond donors (Lipinski definition) is 1. The Kier molecular flexibility index (Phi) is 5.34. The van der Waals surface area contributed by atoms with Gasteiger partial charge in [-0.1, -0.05) is 0 Å². The number of aliphatic carboxylic acids is 1. The number of rotatable bonds is 6. The summed E-state index contributed by atoms with van der Waals surface area (Å²) in [6, 6.07) is 0. The summed E-state index contributed by atoms with van der Waals surface area (Å²) in [4.78, 5) is 24.7. The minimum Gasteiger partial charge on any atom is -0.481 e. The summed E-state index contributed by atoms with van der Waals surface area (Å²) in [5, 5.41) is 8.95. The molecule has 0 aromatic carbocycles. The summed E-state index contributed by atoms with van der Waals surface area (Å²) in [5.41, 5.74) is 0. The highest BCUT2D eigenvalue weighted by Gasteiger charge is 2.36. The minimum absolute atomic E-state index is 0.222. The van der Waals surface area contributed by atoms with Gasteiger partial charge in [0.15, 0.2) is 0 Å². The highest BCUT2D eigenvalue weighted by atomic mass is 19.4. The number of halogens is 3. The zero-order valence-electron chi connectivity index (χ0n) is 12.4. The van der Waals surface area contributed by atoms with Crippen LogP contribution in [0.15, 0.2) is 0 Å². The number of alkyl halides is 3. The van der Waals surface area contributed by atoms with E-state index in [1.165, 1.54) is 4.90 Å². The number of carboxylic acid groups (broad SMARTS) is 1. The Balaban J connectivity index is 1.89. The third-order valence-corrected chi connectivity index (χ3v) is 4.58. The Bertz CT molecular complexity index is 413. The molecule has 0 radical (unpaired) electrons. The fourth-order valence-corrected chi connectivity index (χ4v) is 3.01. The van der Waals surface area contributed by atoms with E-state index in [0.717, 1.165) is 12.8 Å². The zero-order chi connectivity index (χ0) is 16.3. The van der Waals surface area contributed by atoms with Crippen LogP contribution in [0.5, 0.6) is 0 Å². The van der Waals surface area contributed by atoms with E-state index in [4.69, 9.17) is 5.11 Å². The first kappa shape index (κ1) is 17.1. The van der Waals surface area contributed by atoms with Crippen molar-refractivity contribution in [1.29, 1.82) is 0 Å². The first-order chi connectivity index (χ1) is 10.3. The van der Waals surface area contributed by atoms with Gasteiger partial charge in [-0.05, 0) is 44.4 Å². The largest absolute Gasteiger partial charge is 0.481 e. The van der Waals surface area contributed by atoms with Crippen molar-refractivity contribution in [1.82, 2.24) is 4.90 Å². The first-order valence-electron chi connectivity index (χ1n) is 7.84. The molecule has 0 unspecified atom stereocenters. The summed E-state index contributed by atoms with van der Waals surface area (Å²) in [6.45, 7) is 0.130. The Morgan fingerprint density at radius 3 is 2.00 bits per heavy atom. The average molecular weight is 321 g/mol. The molecule has 0 bridgehead atoms. The second-order valence-corrected chi connectivity index (χ2v) is 6.48. The van der Waals surface area contributed by atoms with Gasteiger partial charge in [-0.25, -0.2) is 0 Å². The molecule has 2 rings (SSSR count). The molecule has 2 aliphatic carbocycles. The van der Waals surface area contributed by atoms with Crippen LogP contribution in [-0.2, 0) is 9.59 Å². The van der Waals surface area contributed by atoms with Crippen molar-refractivity contribution >= 4 is 11.9 Å². The van der Waals surface area contributed by atoms with E-state index in [1.54, 1.807) is 0 Å². The monoisotopic (exact) mass is 321 g/mol. The van der Waals surface area contributed by atoms with Gasteiger partial charge in [0, 0.05) is 19.0 Å². The number of amides is 1. The van der Waals surface area contributed by atoms with Crippen molar-refractivity contribution in [2.45, 2.75) is 51.1 Å². The number of carbonyl (C=O) groups is 2. The Morgan fingerprint density at radius 2 is 1.55 bits per heavy atom. The van der Waals surface area contributed by atoms with E-state index in [2.05, 4.69) is 0 Å². The summed E-state index contributed by atoms with van der Waals surface area (Å²) in [5.74, 6) is -1.47. The molecular weight excluding hydrogens is 299 g/mol. The van der Waals surface area contributed by atoms with Gasteiger partial charge in [0.25, 0.3) is 0 Å². The number of carbonyl (C=O) groups excluding carboxylic acids is 1. The van der Waals surface area contributed by atoms with Crippen molar-refractivity contribution in [2.24, 2.45) is 17.8 Å². The van der Waals surface area contributed by atoms with Crippen molar-refractivity contribution in [3.8, 4) is 0 Å². The lowest BCUT2D eigenvalue weighted by Gasteiger charge is -2.31. The maximum Gasteiger partial charge on any atom is 0.390 e. The second kappa shape index (κ2) is 6.87. The maximum atomic E-state index is 12.5. The lowest BCUT2D eigenvalue weighted by atomic mass is 9.81. The van der Waals surface area contributed by atoms with Gasteiger partial charge in [-0.2, -0.15) is 13.2 Å². The van der Waals surface area contributed by atoms with Crippen molar-refractivity contribution in [3.05, 3.63) is 0 Å². The van der Waals surface area contributed by atoms with Crippen molar-refractivity contribution < 1.29 is 27.9 Å². The molecule has 4 nitrogen and oxygen atoms in total. The summed E-state index contributed by atoms with van der Waals surface area (Å²) >= 11 is 0. The lowest BCUT2D eigenvalue weighted by molar-refractivity contribution is -0.151. The second-order valence-electron chi connectivity index (χ2n) is 6.48. The van der Waals surface area contributed by atoms with Gasteiger partial charge < -0.3 is 10.0 Å². The molecule has 7 heteroatoms. The quantitative estimate of drug-likeness (QED) is 0.818. The van der Waals surface area contributed by atoms with E-state index in [-0.39, 0.29) is 18.4 Å². The third kappa shape index (κ3) is 5.18. The SMILES string of the molecule is O=C(O)C1CCC(C(=O)N(CCC(F)(F)F)CC2CC2)CC1. The third-order valence-electron chi connectivity index (χ3n) is 4.58. The fourth-order valence-electron chi connectivity index (χ4n) is 3.01. The first-order valence-corrected chi connectivity index (χ1v) is 7.84. The molecule has 1 N–H and O–H groups in total. The smallest absolute Gasteiger partial charge is 0.390 e. The summed E-state index contributed by atoms with van der Waals surface area (Å²) in [7, 11) is 0. The molecular formula is C15H22F3NO3. The molecule has 2 fully saturated rings. The minimum atomic E-state index is -4.26. The Labute approximate surface area is 127 Å². The van der Waals surface area contributed by atoms with E-state index < -0.39 is 24.5 Å². The average Bonchev–Trinajstić information content (AvgIpc) is 3.26. The van der Waals surface area contributed by atoms with E-state index in [0.29, 0.717) is 38.1 Å². The topological polar surface area (TPSA) is 57.6 Å². The molecule has 0 aliphatic heterocycles. The number of nitrogens with zero attached hydrogens (tertiary/aromatic N) is 1. The number of hydrogen-bond acceptors (Lipinski definition) is 2. The lowest BCUT2D eigenvalue weighted by Crippen LogP contribution is -2.41. The van der Waals surface area contributed by atoms with Crippen LogP contribution in [0.1, 0.15) is 44.9 Å². The molecule has 126 valence electrons. The molecule has 2 saturated carbocycles. The molecule has 0 heterocycles. The van der Waals surface area contributed by atoms with Crippen LogP contribution in [0.3, 0.4) is 0 Å². The van der Waals surface area contributed by atoms with Crippen LogP contribution in [-0.4, -0.2) is 41.1 Å². The molecule has 0 atom stereocenters. The molecule has 0 aromatic rings. The molecule has 0 aromatic heterocycles.